The number of nitrogens with zero attached hydrogens (tertiary/aromatic N) is 2. The number of hydrogen-bond donors (Lipinski definition) is 0. The van der Waals surface area contributed by atoms with Crippen molar-refractivity contribution < 1.29 is 0 Å². The molecule has 3 rings (SSSR count). The van der Waals surface area contributed by atoms with E-state index < -0.39 is 0 Å². The molecule has 1 heterocycles. The highest BCUT2D eigenvalue weighted by Crippen LogP contribution is 2.48. The van der Waals surface area contributed by atoms with E-state index in [1.807, 2.05) is 0 Å². The van der Waals surface area contributed by atoms with E-state index in [0.717, 1.165) is 17.9 Å². The van der Waals surface area contributed by atoms with E-state index >= 15 is 0 Å². The van der Waals surface area contributed by atoms with E-state index in [4.69, 9.17) is 9.97 Å². The van der Waals surface area contributed by atoms with Crippen LogP contribution in [0.15, 0.2) is 24.3 Å². The van der Waals surface area contributed by atoms with Crippen LogP contribution in [0.25, 0.3) is 11.1 Å². The molecule has 0 saturated heterocycles. The number of benzene rings is 1. The largest absolute Gasteiger partial charge is 0.237 e. The van der Waals surface area contributed by atoms with Crippen molar-refractivity contribution in [3.8, 4) is 11.1 Å². The second-order valence-electron chi connectivity index (χ2n) is 6.37. The Morgan fingerprint density at radius 1 is 1.15 bits per heavy atom. The summed E-state index contributed by atoms with van der Waals surface area (Å²) in [6.45, 7) is 11.0. The molecule has 1 aromatic carbocycles. The van der Waals surface area contributed by atoms with Crippen LogP contribution in [-0.2, 0) is 5.41 Å². The van der Waals surface area contributed by atoms with Crippen molar-refractivity contribution >= 4 is 0 Å². The molecule has 1 aliphatic rings. The molecule has 2 nitrogen and oxygen atoms in total. The van der Waals surface area contributed by atoms with Gasteiger partial charge in [0.2, 0.25) is 0 Å². The van der Waals surface area contributed by atoms with Crippen molar-refractivity contribution in [1.29, 1.82) is 0 Å². The third kappa shape index (κ3) is 1.71. The Kier molecular flexibility index (Phi) is 2.93. The molecule has 1 aliphatic carbocycles. The average molecular weight is 266 g/mol. The van der Waals surface area contributed by atoms with Crippen LogP contribution in [0, 0.1) is 6.92 Å². The van der Waals surface area contributed by atoms with Gasteiger partial charge in [-0.1, -0.05) is 52.0 Å². The minimum atomic E-state index is -0.0260. The lowest BCUT2D eigenvalue weighted by atomic mass is 9.85. The molecule has 0 fully saturated rings. The highest BCUT2D eigenvalue weighted by molar-refractivity contribution is 5.80. The molecule has 1 aromatic heterocycles. The van der Waals surface area contributed by atoms with Gasteiger partial charge in [-0.2, -0.15) is 0 Å². The lowest BCUT2D eigenvalue weighted by Gasteiger charge is -2.21. The topological polar surface area (TPSA) is 25.8 Å². The molecule has 0 saturated carbocycles. The zero-order valence-corrected chi connectivity index (χ0v) is 13.0. The predicted octanol–water partition coefficient (Wildman–Crippen LogP) is 4.60. The van der Waals surface area contributed by atoms with E-state index in [0.29, 0.717) is 5.92 Å². The maximum Gasteiger partial charge on any atom is 0.131 e. The molecule has 20 heavy (non-hydrogen) atoms. The smallest absolute Gasteiger partial charge is 0.131 e. The number of hydrogen-bond acceptors (Lipinski definition) is 2. The first-order chi connectivity index (χ1) is 9.46. The Morgan fingerprint density at radius 2 is 1.85 bits per heavy atom. The van der Waals surface area contributed by atoms with Gasteiger partial charge >= 0.3 is 0 Å². The molecule has 104 valence electrons. The van der Waals surface area contributed by atoms with Crippen LogP contribution in [-0.4, -0.2) is 9.97 Å². The molecule has 1 unspecified atom stereocenters. The molecule has 2 aromatic rings. The molecule has 1 atom stereocenters. The van der Waals surface area contributed by atoms with Crippen molar-refractivity contribution in [2.45, 2.75) is 52.4 Å². The first kappa shape index (κ1) is 13.3. The van der Waals surface area contributed by atoms with Crippen molar-refractivity contribution in [1.82, 2.24) is 9.97 Å². The Morgan fingerprint density at radius 3 is 2.55 bits per heavy atom. The minimum Gasteiger partial charge on any atom is -0.237 e. The maximum atomic E-state index is 4.94. The van der Waals surface area contributed by atoms with Gasteiger partial charge in [0.05, 0.1) is 5.69 Å². The zero-order chi connectivity index (χ0) is 14.5. The van der Waals surface area contributed by atoms with E-state index in [9.17, 15) is 0 Å². The molecule has 0 spiro atoms. The summed E-state index contributed by atoms with van der Waals surface area (Å²) in [5.41, 5.74) is 6.21. The van der Waals surface area contributed by atoms with Gasteiger partial charge in [-0.25, -0.2) is 9.97 Å². The van der Waals surface area contributed by atoms with Gasteiger partial charge in [0.1, 0.15) is 5.82 Å². The SMILES string of the molecule is CCC(C)c1nc(C)c2c(n1)C(C)(C)c1ccccc1-2. The van der Waals surface area contributed by atoms with Crippen LogP contribution in [0.3, 0.4) is 0 Å². The number of fused-ring (bicyclic) bond motifs is 3. The van der Waals surface area contributed by atoms with Gasteiger partial charge in [0.25, 0.3) is 0 Å². The summed E-state index contributed by atoms with van der Waals surface area (Å²) in [7, 11) is 0. The normalized spacial score (nSPS) is 16.6. The van der Waals surface area contributed by atoms with E-state index in [1.165, 1.54) is 22.4 Å². The fourth-order valence-corrected chi connectivity index (χ4v) is 3.15. The predicted molar refractivity (Wildman–Crippen MR) is 83.0 cm³/mol. The molecule has 0 radical (unpaired) electrons. The zero-order valence-electron chi connectivity index (χ0n) is 13.0. The summed E-state index contributed by atoms with van der Waals surface area (Å²) in [4.78, 5) is 9.71. The number of aromatic nitrogens is 2. The summed E-state index contributed by atoms with van der Waals surface area (Å²) in [5.74, 6) is 1.41. The van der Waals surface area contributed by atoms with Gasteiger partial charge < -0.3 is 0 Å². The first-order valence-corrected chi connectivity index (χ1v) is 7.45. The van der Waals surface area contributed by atoms with Crippen molar-refractivity contribution in [3.05, 3.63) is 47.0 Å². The fourth-order valence-electron chi connectivity index (χ4n) is 3.15. The van der Waals surface area contributed by atoms with Crippen molar-refractivity contribution in [2.24, 2.45) is 0 Å². The van der Waals surface area contributed by atoms with Gasteiger partial charge in [-0.15, -0.1) is 0 Å². The monoisotopic (exact) mass is 266 g/mol. The van der Waals surface area contributed by atoms with E-state index in [2.05, 4.69) is 58.9 Å². The summed E-state index contributed by atoms with van der Waals surface area (Å²) >= 11 is 0. The van der Waals surface area contributed by atoms with Crippen LogP contribution >= 0.6 is 0 Å². The van der Waals surface area contributed by atoms with Crippen LogP contribution < -0.4 is 0 Å². The standard InChI is InChI=1S/C18H22N2/c1-6-11(2)17-19-12(3)15-13-9-7-8-10-14(13)18(4,5)16(15)20-17/h7-11H,6H2,1-5H3. The summed E-state index contributed by atoms with van der Waals surface area (Å²) in [6.07, 6.45) is 1.08. The first-order valence-electron chi connectivity index (χ1n) is 7.45. The van der Waals surface area contributed by atoms with Gasteiger partial charge in [-0.05, 0) is 24.5 Å². The van der Waals surface area contributed by atoms with Gasteiger partial charge in [0, 0.05) is 22.6 Å². The van der Waals surface area contributed by atoms with Crippen molar-refractivity contribution in [2.75, 3.05) is 0 Å². The Labute approximate surface area is 121 Å². The van der Waals surface area contributed by atoms with Crippen LogP contribution in [0.4, 0.5) is 0 Å². The number of rotatable bonds is 2. The van der Waals surface area contributed by atoms with Crippen molar-refractivity contribution in [3.63, 3.8) is 0 Å². The molecular weight excluding hydrogens is 244 g/mol. The quantitative estimate of drug-likeness (QED) is 0.793. The summed E-state index contributed by atoms with van der Waals surface area (Å²) in [6, 6.07) is 8.64. The molecule has 0 bridgehead atoms. The molecule has 0 aliphatic heterocycles. The lowest BCUT2D eigenvalue weighted by Crippen LogP contribution is -2.18. The summed E-state index contributed by atoms with van der Waals surface area (Å²) < 4.78 is 0. The fraction of sp³-hybridized carbons (Fsp3) is 0.444. The molecule has 0 N–H and O–H groups in total. The average Bonchev–Trinajstić information content (AvgIpc) is 2.67. The minimum absolute atomic E-state index is 0.0260. The van der Waals surface area contributed by atoms with Crippen LogP contribution in [0.5, 0.6) is 0 Å². The Bertz CT molecular complexity index is 671. The third-order valence-electron chi connectivity index (χ3n) is 4.62. The maximum absolute atomic E-state index is 4.94. The second kappa shape index (κ2) is 4.41. The van der Waals surface area contributed by atoms with E-state index in [1.54, 1.807) is 0 Å². The van der Waals surface area contributed by atoms with Crippen LogP contribution in [0.1, 0.15) is 62.8 Å². The van der Waals surface area contributed by atoms with Gasteiger partial charge in [0.15, 0.2) is 0 Å². The van der Waals surface area contributed by atoms with Crippen LogP contribution in [0.2, 0.25) is 0 Å². The molecule has 0 amide bonds. The third-order valence-corrected chi connectivity index (χ3v) is 4.62. The lowest BCUT2D eigenvalue weighted by molar-refractivity contribution is 0.606. The highest BCUT2D eigenvalue weighted by Gasteiger charge is 2.38. The molecule has 2 heteroatoms. The summed E-state index contributed by atoms with van der Waals surface area (Å²) in [5, 5.41) is 0. The highest BCUT2D eigenvalue weighted by atomic mass is 14.9. The number of aryl methyl sites for hydroxylation is 1. The van der Waals surface area contributed by atoms with Gasteiger partial charge in [-0.3, -0.25) is 0 Å². The Balaban J connectivity index is 2.29. The second-order valence-corrected chi connectivity index (χ2v) is 6.37. The molecular formula is C18H22N2. The Hall–Kier alpha value is -1.70. The van der Waals surface area contributed by atoms with E-state index in [-0.39, 0.29) is 5.41 Å².